The zero-order valence-corrected chi connectivity index (χ0v) is 12.9. The van der Waals surface area contributed by atoms with Gasteiger partial charge in [-0.2, -0.15) is 11.8 Å². The molecule has 1 aromatic carbocycles. The highest BCUT2D eigenvalue weighted by molar-refractivity contribution is 7.99. The van der Waals surface area contributed by atoms with Gasteiger partial charge in [0.1, 0.15) is 5.75 Å². The van der Waals surface area contributed by atoms with Crippen LogP contribution in [0.4, 0.5) is 0 Å². The number of nitrogens with zero attached hydrogens (tertiary/aromatic N) is 1. The van der Waals surface area contributed by atoms with Crippen molar-refractivity contribution >= 4 is 11.8 Å². The molecule has 0 aliphatic carbocycles. The molecule has 1 N–H and O–H groups in total. The van der Waals surface area contributed by atoms with Gasteiger partial charge in [0, 0.05) is 44.1 Å². The average molecular weight is 292 g/mol. The van der Waals surface area contributed by atoms with Crippen LogP contribution in [0.15, 0.2) is 18.2 Å². The Labute approximate surface area is 126 Å². The molecule has 0 unspecified atom stereocenters. The fraction of sp³-hybridized carbons (Fsp3) is 0.625. The lowest BCUT2D eigenvalue weighted by molar-refractivity contribution is 0.301. The van der Waals surface area contributed by atoms with E-state index in [9.17, 15) is 0 Å². The second kappa shape index (κ2) is 7.34. The van der Waals surface area contributed by atoms with Crippen molar-refractivity contribution in [1.82, 2.24) is 10.2 Å². The summed E-state index contributed by atoms with van der Waals surface area (Å²) < 4.78 is 5.54. The first-order valence-electron chi connectivity index (χ1n) is 7.67. The van der Waals surface area contributed by atoms with Gasteiger partial charge in [-0.3, -0.25) is 0 Å². The predicted molar refractivity (Wildman–Crippen MR) is 86.0 cm³/mol. The van der Waals surface area contributed by atoms with Gasteiger partial charge in [0.25, 0.3) is 0 Å². The lowest BCUT2D eigenvalue weighted by Crippen LogP contribution is -2.38. The molecule has 0 spiro atoms. The first kappa shape index (κ1) is 14.2. The van der Waals surface area contributed by atoms with Crippen molar-refractivity contribution in [3.8, 4) is 5.75 Å². The Morgan fingerprint density at radius 1 is 1.20 bits per heavy atom. The summed E-state index contributed by atoms with van der Waals surface area (Å²) in [6.07, 6.45) is 2.19. The minimum atomic E-state index is 0.852. The van der Waals surface area contributed by atoms with Crippen LogP contribution in [-0.2, 0) is 12.8 Å². The molecule has 0 atom stereocenters. The van der Waals surface area contributed by atoms with Gasteiger partial charge in [-0.05, 0) is 30.2 Å². The van der Waals surface area contributed by atoms with Gasteiger partial charge in [-0.1, -0.05) is 12.1 Å². The lowest BCUT2D eigenvalue weighted by Gasteiger charge is -2.26. The molecule has 0 radical (unpaired) electrons. The fourth-order valence-electron chi connectivity index (χ4n) is 2.82. The van der Waals surface area contributed by atoms with Crippen molar-refractivity contribution in [1.29, 1.82) is 0 Å². The van der Waals surface area contributed by atoms with Crippen molar-refractivity contribution in [2.75, 3.05) is 50.8 Å². The quantitative estimate of drug-likeness (QED) is 0.808. The summed E-state index contributed by atoms with van der Waals surface area (Å²) in [7, 11) is 0. The maximum absolute atomic E-state index is 5.54. The molecule has 4 heteroatoms. The molecule has 20 heavy (non-hydrogen) atoms. The Bertz CT molecular complexity index is 432. The summed E-state index contributed by atoms with van der Waals surface area (Å²) in [5.74, 6) is 3.69. The van der Waals surface area contributed by atoms with Crippen LogP contribution in [-0.4, -0.2) is 55.7 Å². The molecular weight excluding hydrogens is 268 g/mol. The summed E-state index contributed by atoms with van der Waals surface area (Å²) in [6.45, 7) is 6.75. The van der Waals surface area contributed by atoms with Gasteiger partial charge in [-0.15, -0.1) is 0 Å². The first-order valence-corrected chi connectivity index (χ1v) is 8.83. The van der Waals surface area contributed by atoms with Crippen LogP contribution in [0.25, 0.3) is 0 Å². The van der Waals surface area contributed by atoms with Crippen molar-refractivity contribution in [3.05, 3.63) is 29.3 Å². The molecule has 1 aromatic rings. The van der Waals surface area contributed by atoms with E-state index in [1.54, 1.807) is 0 Å². The van der Waals surface area contributed by atoms with Gasteiger partial charge in [-0.25, -0.2) is 0 Å². The van der Waals surface area contributed by atoms with Crippen LogP contribution in [0, 0.1) is 0 Å². The van der Waals surface area contributed by atoms with E-state index in [1.165, 1.54) is 42.3 Å². The molecule has 0 amide bonds. The first-order chi connectivity index (χ1) is 9.92. The van der Waals surface area contributed by atoms with Crippen LogP contribution in [0.3, 0.4) is 0 Å². The van der Waals surface area contributed by atoms with E-state index in [1.807, 2.05) is 0 Å². The van der Waals surface area contributed by atoms with Crippen molar-refractivity contribution < 1.29 is 4.74 Å². The Balaban J connectivity index is 1.33. The van der Waals surface area contributed by atoms with E-state index in [4.69, 9.17) is 4.74 Å². The van der Waals surface area contributed by atoms with Gasteiger partial charge in [0.2, 0.25) is 0 Å². The molecule has 3 rings (SSSR count). The Morgan fingerprint density at radius 3 is 3.00 bits per heavy atom. The van der Waals surface area contributed by atoms with E-state index >= 15 is 0 Å². The highest BCUT2D eigenvalue weighted by Crippen LogP contribution is 2.25. The molecule has 3 nitrogen and oxygen atoms in total. The minimum absolute atomic E-state index is 0.852. The third kappa shape index (κ3) is 3.90. The smallest absolute Gasteiger partial charge is 0.122 e. The van der Waals surface area contributed by atoms with Crippen molar-refractivity contribution in [2.24, 2.45) is 0 Å². The number of thioether (sulfide) groups is 1. The highest BCUT2D eigenvalue weighted by Gasteiger charge is 2.12. The highest BCUT2D eigenvalue weighted by atomic mass is 32.2. The molecular formula is C16H24N2OS. The standard InChI is InChI=1S/C16H24N2OS/c1-2-16-15(4-10-19-16)13-14(1)3-5-17-6-7-18-8-11-20-12-9-18/h1-2,13,17H,3-12H2. The maximum Gasteiger partial charge on any atom is 0.122 e. The summed E-state index contributed by atoms with van der Waals surface area (Å²) in [5.41, 5.74) is 2.81. The van der Waals surface area contributed by atoms with Crippen molar-refractivity contribution in [2.45, 2.75) is 12.8 Å². The van der Waals surface area contributed by atoms with E-state index < -0.39 is 0 Å². The number of nitrogens with one attached hydrogen (secondary N) is 1. The molecule has 2 aliphatic rings. The van der Waals surface area contributed by atoms with Crippen LogP contribution >= 0.6 is 11.8 Å². The molecule has 1 fully saturated rings. The topological polar surface area (TPSA) is 24.5 Å². The second-order valence-corrected chi connectivity index (χ2v) is 6.72. The zero-order valence-electron chi connectivity index (χ0n) is 12.1. The second-order valence-electron chi connectivity index (χ2n) is 5.49. The summed E-state index contributed by atoms with van der Waals surface area (Å²) >= 11 is 2.08. The molecule has 0 bridgehead atoms. The lowest BCUT2D eigenvalue weighted by atomic mass is 10.1. The van der Waals surface area contributed by atoms with Crippen LogP contribution in [0.5, 0.6) is 5.75 Å². The van der Waals surface area contributed by atoms with Gasteiger partial charge < -0.3 is 15.0 Å². The predicted octanol–water partition coefficient (Wildman–Crippen LogP) is 1.80. The van der Waals surface area contributed by atoms with Crippen molar-refractivity contribution in [3.63, 3.8) is 0 Å². The number of benzene rings is 1. The maximum atomic E-state index is 5.54. The largest absolute Gasteiger partial charge is 0.493 e. The molecule has 2 heterocycles. The number of ether oxygens (including phenoxy) is 1. The molecule has 1 saturated heterocycles. The number of hydrogen-bond acceptors (Lipinski definition) is 4. The minimum Gasteiger partial charge on any atom is -0.493 e. The molecule has 110 valence electrons. The Hall–Kier alpha value is -0.710. The summed E-state index contributed by atoms with van der Waals surface area (Å²) in [4.78, 5) is 2.57. The Morgan fingerprint density at radius 2 is 2.10 bits per heavy atom. The third-order valence-electron chi connectivity index (χ3n) is 4.05. The van der Waals surface area contributed by atoms with E-state index in [0.717, 1.165) is 38.3 Å². The summed E-state index contributed by atoms with van der Waals surface area (Å²) in [6, 6.07) is 6.64. The molecule has 0 saturated carbocycles. The molecule has 0 aromatic heterocycles. The van der Waals surface area contributed by atoms with E-state index in [-0.39, 0.29) is 0 Å². The molecule has 2 aliphatic heterocycles. The van der Waals surface area contributed by atoms with E-state index in [2.05, 4.69) is 40.2 Å². The number of rotatable bonds is 6. The fourth-order valence-corrected chi connectivity index (χ4v) is 3.79. The normalized spacial score (nSPS) is 18.8. The zero-order chi connectivity index (χ0) is 13.6. The number of fused-ring (bicyclic) bond motifs is 1. The van der Waals surface area contributed by atoms with Crippen LogP contribution in [0.1, 0.15) is 11.1 Å². The third-order valence-corrected chi connectivity index (χ3v) is 5.00. The SMILES string of the molecule is c1cc2c(cc1CCNCCN1CCSCC1)CCO2. The van der Waals surface area contributed by atoms with Gasteiger partial charge >= 0.3 is 0 Å². The van der Waals surface area contributed by atoms with Gasteiger partial charge in [0.05, 0.1) is 6.61 Å². The Kier molecular flexibility index (Phi) is 5.23. The van der Waals surface area contributed by atoms with E-state index in [0.29, 0.717) is 0 Å². The van der Waals surface area contributed by atoms with Gasteiger partial charge in [0.15, 0.2) is 0 Å². The average Bonchev–Trinajstić information content (AvgIpc) is 2.95. The monoisotopic (exact) mass is 292 g/mol. The number of hydrogen-bond donors (Lipinski definition) is 1. The summed E-state index contributed by atoms with van der Waals surface area (Å²) in [5, 5.41) is 3.57. The van der Waals surface area contributed by atoms with Crippen LogP contribution < -0.4 is 10.1 Å². The van der Waals surface area contributed by atoms with Crippen LogP contribution in [0.2, 0.25) is 0 Å².